The second-order valence-electron chi connectivity index (χ2n) is 9.64. The van der Waals surface area contributed by atoms with E-state index in [0.717, 1.165) is 64.5 Å². The van der Waals surface area contributed by atoms with Gasteiger partial charge in [0.05, 0.1) is 6.17 Å². The van der Waals surface area contributed by atoms with Gasteiger partial charge < -0.3 is 26.6 Å². The van der Waals surface area contributed by atoms with E-state index in [1.54, 1.807) is 32.7 Å². The Balaban J connectivity index is 0.000000637. The van der Waals surface area contributed by atoms with Crippen LogP contribution in [0, 0.1) is 5.41 Å². The molecule has 33 heavy (non-hydrogen) atoms. The second-order valence-corrected chi connectivity index (χ2v) is 9.64. The smallest absolute Gasteiger partial charge is 0.244 e. The molecule has 2 rings (SSSR count). The van der Waals surface area contributed by atoms with E-state index in [9.17, 15) is 19.2 Å². The van der Waals surface area contributed by atoms with Crippen molar-refractivity contribution in [3.8, 4) is 0 Å². The van der Waals surface area contributed by atoms with Gasteiger partial charge in [0.25, 0.3) is 0 Å². The van der Waals surface area contributed by atoms with Crippen molar-refractivity contribution in [3.05, 3.63) is 0 Å². The molecule has 2 fully saturated rings. The van der Waals surface area contributed by atoms with Gasteiger partial charge in [-0.3, -0.25) is 19.2 Å². The fourth-order valence-electron chi connectivity index (χ4n) is 3.12. The predicted molar refractivity (Wildman–Crippen MR) is 131 cm³/mol. The van der Waals surface area contributed by atoms with Gasteiger partial charge in [-0.05, 0) is 46.1 Å². The van der Waals surface area contributed by atoms with Crippen LogP contribution in [-0.4, -0.2) is 60.9 Å². The van der Waals surface area contributed by atoms with Crippen molar-refractivity contribution in [3.63, 3.8) is 0 Å². The zero-order valence-corrected chi connectivity index (χ0v) is 21.6. The van der Waals surface area contributed by atoms with Gasteiger partial charge in [0.2, 0.25) is 23.6 Å². The standard InChI is InChI=1S/C15H29N3O2.C5H11NO.C4H7NO/c1-4-5-6-10-14(19)18-11-8-7-9-13(18)15(20)17-12(2)16-3;1-5(2,3)4(6)7;6-4-2-1-3-5-4/h12-13,16H,4-11H2,1-3H3,(H,17,20);1-3H3,(H2,6,7);1-3H2,(H,5,6)/t12-,13?;;/m0../s1. The minimum absolute atomic E-state index is 0.0320. The Hall–Kier alpha value is -2.16. The van der Waals surface area contributed by atoms with Gasteiger partial charge in [0.15, 0.2) is 0 Å². The third-order valence-corrected chi connectivity index (χ3v) is 5.55. The van der Waals surface area contributed by atoms with E-state index in [2.05, 4.69) is 22.9 Å². The molecule has 9 heteroatoms. The minimum atomic E-state index is -0.361. The highest BCUT2D eigenvalue weighted by atomic mass is 16.2. The number of carbonyl (C=O) groups is 4. The molecule has 4 amide bonds. The fraction of sp³-hybridized carbons (Fsp3) is 0.833. The Morgan fingerprint density at radius 3 is 2.24 bits per heavy atom. The summed E-state index contributed by atoms with van der Waals surface area (Å²) in [6.45, 7) is 11.0. The lowest BCUT2D eigenvalue weighted by molar-refractivity contribution is -0.142. The van der Waals surface area contributed by atoms with Crippen LogP contribution in [0.25, 0.3) is 0 Å². The minimum Gasteiger partial charge on any atom is -0.369 e. The maximum absolute atomic E-state index is 12.3. The molecule has 1 unspecified atom stereocenters. The van der Waals surface area contributed by atoms with Gasteiger partial charge in [-0.2, -0.15) is 0 Å². The fourth-order valence-corrected chi connectivity index (χ4v) is 3.12. The number of likely N-dealkylation sites (tertiary alicyclic amines) is 1. The van der Waals surface area contributed by atoms with Crippen LogP contribution in [0.3, 0.4) is 0 Å². The molecule has 0 aromatic rings. The lowest BCUT2D eigenvalue weighted by Gasteiger charge is -2.35. The van der Waals surface area contributed by atoms with E-state index >= 15 is 0 Å². The first-order valence-corrected chi connectivity index (χ1v) is 12.3. The Bertz CT molecular complexity index is 610. The number of carbonyl (C=O) groups excluding carboxylic acids is 4. The van der Waals surface area contributed by atoms with Gasteiger partial charge in [0.1, 0.15) is 6.04 Å². The van der Waals surface area contributed by atoms with Crippen LogP contribution in [0.15, 0.2) is 0 Å². The van der Waals surface area contributed by atoms with Gasteiger partial charge in [0, 0.05) is 31.3 Å². The van der Waals surface area contributed by atoms with E-state index in [1.165, 1.54) is 0 Å². The average Bonchev–Trinajstić information content (AvgIpc) is 3.24. The average molecular weight is 470 g/mol. The highest BCUT2D eigenvalue weighted by Crippen LogP contribution is 2.19. The molecule has 2 saturated heterocycles. The maximum Gasteiger partial charge on any atom is 0.244 e. The quantitative estimate of drug-likeness (QED) is 0.334. The Morgan fingerprint density at radius 2 is 1.82 bits per heavy atom. The normalized spacial score (nSPS) is 18.7. The van der Waals surface area contributed by atoms with Crippen molar-refractivity contribution < 1.29 is 19.2 Å². The number of unbranched alkanes of at least 4 members (excludes halogenated alkanes) is 2. The topological polar surface area (TPSA) is 134 Å². The molecule has 0 spiro atoms. The predicted octanol–water partition coefficient (Wildman–Crippen LogP) is 2.04. The number of nitrogens with two attached hydrogens (primary N) is 1. The van der Waals surface area contributed by atoms with Crippen LogP contribution < -0.4 is 21.7 Å². The molecule has 5 N–H and O–H groups in total. The first kappa shape index (κ1) is 30.8. The number of nitrogens with zero attached hydrogens (tertiary/aromatic N) is 1. The molecule has 192 valence electrons. The van der Waals surface area contributed by atoms with Gasteiger partial charge in [-0.1, -0.05) is 40.5 Å². The molecule has 2 aliphatic rings. The number of hydrogen-bond donors (Lipinski definition) is 4. The van der Waals surface area contributed by atoms with Crippen LogP contribution in [0.1, 0.15) is 92.4 Å². The number of primary amides is 1. The van der Waals surface area contributed by atoms with Crippen molar-refractivity contribution in [2.45, 2.75) is 105 Å². The largest absolute Gasteiger partial charge is 0.369 e. The van der Waals surface area contributed by atoms with Crippen molar-refractivity contribution >= 4 is 23.6 Å². The van der Waals surface area contributed by atoms with Gasteiger partial charge in [-0.15, -0.1) is 0 Å². The van der Waals surface area contributed by atoms with Crippen LogP contribution in [-0.2, 0) is 19.2 Å². The van der Waals surface area contributed by atoms with Crippen molar-refractivity contribution in [1.82, 2.24) is 20.9 Å². The van der Waals surface area contributed by atoms with E-state index in [4.69, 9.17) is 5.73 Å². The van der Waals surface area contributed by atoms with Crippen LogP contribution in [0.2, 0.25) is 0 Å². The van der Waals surface area contributed by atoms with E-state index < -0.39 is 0 Å². The van der Waals surface area contributed by atoms with Crippen LogP contribution >= 0.6 is 0 Å². The van der Waals surface area contributed by atoms with E-state index in [0.29, 0.717) is 6.42 Å². The molecule has 0 aromatic heterocycles. The highest BCUT2D eigenvalue weighted by Gasteiger charge is 2.31. The van der Waals surface area contributed by atoms with Gasteiger partial charge in [-0.25, -0.2) is 0 Å². The monoisotopic (exact) mass is 469 g/mol. The number of rotatable bonds is 7. The second kappa shape index (κ2) is 16.5. The lowest BCUT2D eigenvalue weighted by Crippen LogP contribution is -2.55. The number of amides is 4. The first-order chi connectivity index (χ1) is 15.4. The molecule has 2 aliphatic heterocycles. The van der Waals surface area contributed by atoms with Crippen LogP contribution in [0.4, 0.5) is 0 Å². The first-order valence-electron chi connectivity index (χ1n) is 12.3. The third-order valence-electron chi connectivity index (χ3n) is 5.55. The number of nitrogens with one attached hydrogen (secondary N) is 3. The summed E-state index contributed by atoms with van der Waals surface area (Å²) in [5.41, 5.74) is 4.57. The van der Waals surface area contributed by atoms with Gasteiger partial charge >= 0.3 is 0 Å². The summed E-state index contributed by atoms with van der Waals surface area (Å²) >= 11 is 0. The molecular weight excluding hydrogens is 422 g/mol. The zero-order valence-electron chi connectivity index (χ0n) is 21.6. The number of hydrogen-bond acceptors (Lipinski definition) is 5. The molecule has 2 atom stereocenters. The third kappa shape index (κ3) is 13.9. The van der Waals surface area contributed by atoms with Crippen LogP contribution in [0.5, 0.6) is 0 Å². The molecule has 0 aliphatic carbocycles. The molecular formula is C24H47N5O4. The zero-order chi connectivity index (χ0) is 25.4. The number of piperidine rings is 1. The maximum atomic E-state index is 12.3. The summed E-state index contributed by atoms with van der Waals surface area (Å²) in [7, 11) is 1.81. The van der Waals surface area contributed by atoms with E-state index in [-0.39, 0.29) is 41.3 Å². The van der Waals surface area contributed by atoms with Crippen molar-refractivity contribution in [2.24, 2.45) is 11.1 Å². The molecule has 0 radical (unpaired) electrons. The Morgan fingerprint density at radius 1 is 1.18 bits per heavy atom. The summed E-state index contributed by atoms with van der Waals surface area (Å²) in [5, 5.41) is 8.57. The lowest BCUT2D eigenvalue weighted by atomic mass is 9.96. The summed E-state index contributed by atoms with van der Waals surface area (Å²) in [6, 6.07) is -0.284. The molecule has 0 saturated carbocycles. The highest BCUT2D eigenvalue weighted by molar-refractivity contribution is 5.88. The molecule has 0 aromatic carbocycles. The molecule has 2 heterocycles. The summed E-state index contributed by atoms with van der Waals surface area (Å²) in [6.07, 6.45) is 8.17. The summed E-state index contributed by atoms with van der Waals surface area (Å²) in [5.74, 6) is 0.0494. The summed E-state index contributed by atoms with van der Waals surface area (Å²) < 4.78 is 0. The van der Waals surface area contributed by atoms with Crippen molar-refractivity contribution in [1.29, 1.82) is 0 Å². The Labute approximate surface area is 200 Å². The summed E-state index contributed by atoms with van der Waals surface area (Å²) in [4.78, 5) is 46.7. The molecule has 9 nitrogen and oxygen atoms in total. The van der Waals surface area contributed by atoms with Crippen molar-refractivity contribution in [2.75, 3.05) is 20.1 Å². The molecule has 0 bridgehead atoms. The van der Waals surface area contributed by atoms with E-state index in [1.807, 2.05) is 6.92 Å². The Kier molecular flexibility index (Phi) is 15.4. The SMILES string of the molecule is CC(C)(C)C(N)=O.CCCCCC(=O)N1CCCCC1C(=O)N[C@@H](C)NC.O=C1CCCN1.